The molecule has 1 aromatic rings. The fourth-order valence-corrected chi connectivity index (χ4v) is 1.93. The van der Waals surface area contributed by atoms with E-state index in [0.29, 0.717) is 24.4 Å². The minimum absolute atomic E-state index is 0.141. The van der Waals surface area contributed by atoms with E-state index in [1.54, 1.807) is 6.92 Å². The lowest BCUT2D eigenvalue weighted by molar-refractivity contribution is -0.168. The number of nitrogens with one attached hydrogen (secondary N) is 2. The number of hydroxylamine groups is 2. The molecule has 0 saturated carbocycles. The second-order valence-electron chi connectivity index (χ2n) is 4.19. The van der Waals surface area contributed by atoms with Crippen molar-refractivity contribution < 1.29 is 9.63 Å². The zero-order valence-electron chi connectivity index (χ0n) is 10.1. The fourth-order valence-electron chi connectivity index (χ4n) is 1.93. The second kappa shape index (κ2) is 5.18. The summed E-state index contributed by atoms with van der Waals surface area (Å²) in [5, 5.41) is 1.33. The normalized spacial score (nSPS) is 15.1. The Kier molecular flexibility index (Phi) is 3.61. The minimum Gasteiger partial charge on any atom is -0.311 e. The number of carbonyl (C=O) groups is 1. The molecule has 0 aliphatic carbocycles. The number of aromatic amines is 2. The Morgan fingerprint density at radius 1 is 1.39 bits per heavy atom. The van der Waals surface area contributed by atoms with Gasteiger partial charge in [0.05, 0.1) is 13.2 Å². The van der Waals surface area contributed by atoms with Crippen LogP contribution in [0.4, 0.5) is 0 Å². The summed E-state index contributed by atoms with van der Waals surface area (Å²) in [7, 11) is 0. The van der Waals surface area contributed by atoms with Crippen LogP contribution in [0.15, 0.2) is 9.59 Å². The number of carbonyl (C=O) groups excluding carboxylic acids is 1. The van der Waals surface area contributed by atoms with E-state index in [1.165, 1.54) is 5.06 Å². The smallest absolute Gasteiger partial charge is 0.311 e. The molecule has 1 aliphatic rings. The zero-order chi connectivity index (χ0) is 13.1. The van der Waals surface area contributed by atoms with Gasteiger partial charge in [-0.05, 0) is 19.8 Å². The van der Waals surface area contributed by atoms with Crippen molar-refractivity contribution in [1.82, 2.24) is 15.0 Å². The lowest BCUT2D eigenvalue weighted by Crippen LogP contribution is -2.30. The molecule has 0 radical (unpaired) electrons. The van der Waals surface area contributed by atoms with Crippen molar-refractivity contribution in [2.75, 3.05) is 13.2 Å². The van der Waals surface area contributed by atoms with Crippen LogP contribution in [0.1, 0.15) is 24.1 Å². The number of amides is 1. The van der Waals surface area contributed by atoms with Crippen molar-refractivity contribution in [1.29, 1.82) is 0 Å². The summed E-state index contributed by atoms with van der Waals surface area (Å²) in [6.45, 7) is 2.80. The van der Waals surface area contributed by atoms with Gasteiger partial charge in [0.1, 0.15) is 0 Å². The molecular weight excluding hydrogens is 238 g/mol. The van der Waals surface area contributed by atoms with Gasteiger partial charge < -0.3 is 4.98 Å². The van der Waals surface area contributed by atoms with Gasteiger partial charge in [-0.1, -0.05) is 0 Å². The Morgan fingerprint density at radius 2 is 2.17 bits per heavy atom. The number of hydrogen-bond acceptors (Lipinski definition) is 4. The van der Waals surface area contributed by atoms with Crippen LogP contribution in [0, 0.1) is 6.92 Å². The lowest BCUT2D eigenvalue weighted by atomic mass is 10.1. The van der Waals surface area contributed by atoms with Crippen molar-refractivity contribution in [2.45, 2.75) is 26.2 Å². The van der Waals surface area contributed by atoms with E-state index in [9.17, 15) is 14.4 Å². The van der Waals surface area contributed by atoms with E-state index in [4.69, 9.17) is 4.84 Å². The number of aryl methyl sites for hydroxylation is 1. The molecule has 0 unspecified atom stereocenters. The van der Waals surface area contributed by atoms with Gasteiger partial charge in [0, 0.05) is 17.7 Å². The second-order valence-corrected chi connectivity index (χ2v) is 4.19. The van der Waals surface area contributed by atoms with E-state index in [2.05, 4.69) is 9.97 Å². The molecule has 7 nitrogen and oxygen atoms in total. The third-order valence-corrected chi connectivity index (χ3v) is 2.87. The molecule has 2 heterocycles. The van der Waals surface area contributed by atoms with Crippen LogP contribution in [0.25, 0.3) is 0 Å². The van der Waals surface area contributed by atoms with E-state index >= 15 is 0 Å². The molecule has 0 bridgehead atoms. The van der Waals surface area contributed by atoms with Crippen LogP contribution in [-0.4, -0.2) is 34.1 Å². The van der Waals surface area contributed by atoms with Gasteiger partial charge in [-0.25, -0.2) is 9.86 Å². The Bertz CT molecular complexity index is 554. The predicted octanol–water partition coefficient (Wildman–Crippen LogP) is -0.532. The quantitative estimate of drug-likeness (QED) is 0.756. The van der Waals surface area contributed by atoms with Crippen LogP contribution in [0.3, 0.4) is 0 Å². The van der Waals surface area contributed by atoms with Crippen molar-refractivity contribution in [2.24, 2.45) is 0 Å². The van der Waals surface area contributed by atoms with Crippen LogP contribution < -0.4 is 11.2 Å². The molecule has 1 aromatic heterocycles. The Labute approximate surface area is 103 Å². The van der Waals surface area contributed by atoms with Crippen LogP contribution in [-0.2, 0) is 16.1 Å². The molecule has 0 atom stereocenters. The Balaban J connectivity index is 2.04. The third kappa shape index (κ3) is 2.67. The van der Waals surface area contributed by atoms with Gasteiger partial charge in [-0.15, -0.1) is 0 Å². The van der Waals surface area contributed by atoms with E-state index < -0.39 is 11.2 Å². The van der Waals surface area contributed by atoms with Gasteiger partial charge in [-0.3, -0.25) is 19.4 Å². The van der Waals surface area contributed by atoms with Crippen molar-refractivity contribution in [3.63, 3.8) is 0 Å². The fraction of sp³-hybridized carbons (Fsp3) is 0.545. The summed E-state index contributed by atoms with van der Waals surface area (Å²) in [4.78, 5) is 44.1. The van der Waals surface area contributed by atoms with Gasteiger partial charge >= 0.3 is 5.69 Å². The van der Waals surface area contributed by atoms with E-state index in [1.807, 2.05) is 0 Å². The first kappa shape index (κ1) is 12.6. The molecule has 1 saturated heterocycles. The topological polar surface area (TPSA) is 95.3 Å². The molecule has 1 fully saturated rings. The molecular formula is C11H15N3O4. The van der Waals surface area contributed by atoms with Crippen molar-refractivity contribution >= 4 is 5.91 Å². The highest BCUT2D eigenvalue weighted by Gasteiger charge is 2.19. The third-order valence-electron chi connectivity index (χ3n) is 2.87. The largest absolute Gasteiger partial charge is 0.325 e. The van der Waals surface area contributed by atoms with E-state index in [0.717, 1.165) is 6.42 Å². The van der Waals surface area contributed by atoms with Crippen molar-refractivity contribution in [3.8, 4) is 0 Å². The van der Waals surface area contributed by atoms with Gasteiger partial charge in [0.25, 0.3) is 5.56 Å². The summed E-state index contributed by atoms with van der Waals surface area (Å²) < 4.78 is 0. The minimum atomic E-state index is -0.532. The van der Waals surface area contributed by atoms with Gasteiger partial charge in [-0.2, -0.15) is 0 Å². The SMILES string of the molecule is Cc1[nH]c(=O)[nH]c(=O)c1CCC(=O)N1CCCO1. The molecule has 1 amide bonds. The first-order chi connectivity index (χ1) is 8.58. The zero-order valence-corrected chi connectivity index (χ0v) is 10.1. The average molecular weight is 253 g/mol. The molecule has 18 heavy (non-hydrogen) atoms. The summed E-state index contributed by atoms with van der Waals surface area (Å²) in [6.07, 6.45) is 1.32. The number of aromatic nitrogens is 2. The van der Waals surface area contributed by atoms with Crippen molar-refractivity contribution in [3.05, 3.63) is 32.1 Å². The van der Waals surface area contributed by atoms with E-state index in [-0.39, 0.29) is 18.7 Å². The highest BCUT2D eigenvalue weighted by atomic mass is 16.7. The first-order valence-electron chi connectivity index (χ1n) is 5.83. The summed E-state index contributed by atoms with van der Waals surface area (Å²) in [5.41, 5.74) is -0.0390. The lowest BCUT2D eigenvalue weighted by Gasteiger charge is -2.13. The number of hydrogen-bond donors (Lipinski definition) is 2. The van der Waals surface area contributed by atoms with Gasteiger partial charge in [0.2, 0.25) is 5.91 Å². The first-order valence-corrected chi connectivity index (χ1v) is 5.83. The monoisotopic (exact) mass is 253 g/mol. The molecule has 0 spiro atoms. The number of H-pyrrole nitrogens is 2. The Morgan fingerprint density at radius 3 is 2.78 bits per heavy atom. The average Bonchev–Trinajstić information content (AvgIpc) is 2.80. The number of nitrogens with zero attached hydrogens (tertiary/aromatic N) is 1. The maximum absolute atomic E-state index is 11.7. The highest BCUT2D eigenvalue weighted by molar-refractivity contribution is 5.75. The van der Waals surface area contributed by atoms with Gasteiger partial charge in [0.15, 0.2) is 0 Å². The molecule has 98 valence electrons. The standard InChI is InChI=1S/C11H15N3O4/c1-7-8(10(16)13-11(17)12-7)3-4-9(15)14-5-2-6-18-14/h2-6H2,1H3,(H2,12,13,16,17). The summed E-state index contributed by atoms with van der Waals surface area (Å²) in [5.74, 6) is -0.141. The Hall–Kier alpha value is -1.89. The summed E-state index contributed by atoms with van der Waals surface area (Å²) in [6, 6.07) is 0. The molecule has 7 heteroatoms. The molecule has 2 N–H and O–H groups in total. The van der Waals surface area contributed by atoms with Crippen LogP contribution in [0.5, 0.6) is 0 Å². The molecule has 1 aliphatic heterocycles. The number of rotatable bonds is 3. The maximum atomic E-state index is 11.7. The highest BCUT2D eigenvalue weighted by Crippen LogP contribution is 2.08. The molecule has 2 rings (SSSR count). The van der Waals surface area contributed by atoms with Crippen LogP contribution in [0.2, 0.25) is 0 Å². The summed E-state index contributed by atoms with van der Waals surface area (Å²) >= 11 is 0. The predicted molar refractivity (Wildman–Crippen MR) is 63.0 cm³/mol. The van der Waals surface area contributed by atoms with Crippen LogP contribution >= 0.6 is 0 Å². The molecule has 0 aromatic carbocycles. The maximum Gasteiger partial charge on any atom is 0.325 e.